The van der Waals surface area contributed by atoms with E-state index in [1.165, 1.54) is 24.0 Å². The molecule has 0 heterocycles. The minimum Gasteiger partial charge on any atom is -0.496 e. The summed E-state index contributed by atoms with van der Waals surface area (Å²) in [7, 11) is 1.72. The number of carbonyl (C=O) groups excluding carboxylic acids is 1. The van der Waals surface area contributed by atoms with Crippen LogP contribution in [0.25, 0.3) is 0 Å². The zero-order valence-corrected chi connectivity index (χ0v) is 13.8. The van der Waals surface area contributed by atoms with Gasteiger partial charge in [-0.1, -0.05) is 35.2 Å². The fourth-order valence-electron chi connectivity index (χ4n) is 3.96. The van der Waals surface area contributed by atoms with Gasteiger partial charge in [0.25, 0.3) is 0 Å². The molecule has 2 bridgehead atoms. The maximum absolute atomic E-state index is 12.9. The van der Waals surface area contributed by atoms with Crippen molar-refractivity contribution < 1.29 is 9.53 Å². The Hall–Kier alpha value is -0.830. The molecule has 2 aliphatic rings. The SMILES string of the molecule is COc1cc(Br)cc2c1CC1CCCCCC2(C)C1=O. The van der Waals surface area contributed by atoms with Crippen molar-refractivity contribution in [2.75, 3.05) is 7.11 Å². The van der Waals surface area contributed by atoms with Gasteiger partial charge in [0.1, 0.15) is 11.5 Å². The van der Waals surface area contributed by atoms with Crippen molar-refractivity contribution >= 4 is 21.7 Å². The van der Waals surface area contributed by atoms with Gasteiger partial charge in [-0.15, -0.1) is 0 Å². The van der Waals surface area contributed by atoms with Crippen molar-refractivity contribution in [2.24, 2.45) is 5.92 Å². The van der Waals surface area contributed by atoms with Gasteiger partial charge in [-0.05, 0) is 49.4 Å². The first-order valence-electron chi connectivity index (χ1n) is 7.47. The number of ketones is 1. The second-order valence-corrected chi connectivity index (χ2v) is 7.25. The quantitative estimate of drug-likeness (QED) is 0.758. The molecule has 1 saturated carbocycles. The van der Waals surface area contributed by atoms with Gasteiger partial charge in [-0.3, -0.25) is 4.79 Å². The van der Waals surface area contributed by atoms with Gasteiger partial charge >= 0.3 is 0 Å². The van der Waals surface area contributed by atoms with E-state index in [1.54, 1.807) is 7.11 Å². The lowest BCUT2D eigenvalue weighted by Crippen LogP contribution is -2.44. The van der Waals surface area contributed by atoms with Gasteiger partial charge in [0.2, 0.25) is 0 Å². The molecule has 108 valence electrons. The standard InChI is InChI=1S/C17H21BrO2/c1-17-7-5-3-4-6-11(16(17)19)8-13-14(17)9-12(18)10-15(13)20-2/h9-11H,3-8H2,1-2H3. The Kier molecular flexibility index (Phi) is 3.65. The third kappa shape index (κ3) is 2.11. The largest absolute Gasteiger partial charge is 0.496 e. The predicted octanol–water partition coefficient (Wildman–Crippen LogP) is 4.42. The number of benzene rings is 1. The molecule has 2 unspecified atom stereocenters. The second-order valence-electron chi connectivity index (χ2n) is 6.33. The molecule has 1 fully saturated rings. The topological polar surface area (TPSA) is 26.3 Å². The van der Waals surface area contributed by atoms with E-state index in [1.807, 2.05) is 6.07 Å². The number of Topliss-reactive ketones (excluding diaryl/α,β-unsaturated/α-hetero) is 1. The van der Waals surface area contributed by atoms with Gasteiger partial charge < -0.3 is 4.74 Å². The molecular weight excluding hydrogens is 316 g/mol. The Morgan fingerprint density at radius 3 is 2.85 bits per heavy atom. The van der Waals surface area contributed by atoms with Crippen LogP contribution in [-0.2, 0) is 16.6 Å². The van der Waals surface area contributed by atoms with Crippen LogP contribution in [0.4, 0.5) is 0 Å². The Bertz CT molecular complexity index is 552. The highest BCUT2D eigenvalue weighted by Gasteiger charge is 2.45. The molecule has 1 aromatic carbocycles. The summed E-state index contributed by atoms with van der Waals surface area (Å²) < 4.78 is 6.57. The lowest BCUT2D eigenvalue weighted by atomic mass is 9.62. The summed E-state index contributed by atoms with van der Waals surface area (Å²) in [5.74, 6) is 1.56. The summed E-state index contributed by atoms with van der Waals surface area (Å²) in [6.07, 6.45) is 6.42. The van der Waals surface area contributed by atoms with Crippen molar-refractivity contribution in [3.63, 3.8) is 0 Å². The van der Waals surface area contributed by atoms with Crippen LogP contribution in [-0.4, -0.2) is 12.9 Å². The number of halogens is 1. The monoisotopic (exact) mass is 336 g/mol. The van der Waals surface area contributed by atoms with E-state index in [-0.39, 0.29) is 11.3 Å². The highest BCUT2D eigenvalue weighted by atomic mass is 79.9. The van der Waals surface area contributed by atoms with E-state index in [2.05, 4.69) is 28.9 Å². The van der Waals surface area contributed by atoms with Crippen LogP contribution >= 0.6 is 15.9 Å². The first-order valence-corrected chi connectivity index (χ1v) is 8.27. The first kappa shape index (κ1) is 14.1. The summed E-state index contributed by atoms with van der Waals surface area (Å²) in [5, 5.41) is 0. The van der Waals surface area contributed by atoms with E-state index in [0.717, 1.165) is 35.9 Å². The summed E-state index contributed by atoms with van der Waals surface area (Å²) in [4.78, 5) is 12.9. The lowest BCUT2D eigenvalue weighted by Gasteiger charge is -2.41. The Labute approximate surface area is 129 Å². The molecule has 2 aliphatic carbocycles. The Balaban J connectivity index is 2.20. The molecule has 20 heavy (non-hydrogen) atoms. The highest BCUT2D eigenvalue weighted by molar-refractivity contribution is 9.10. The van der Waals surface area contributed by atoms with Crippen LogP contribution in [0.5, 0.6) is 5.75 Å². The van der Waals surface area contributed by atoms with Crippen LogP contribution in [0.2, 0.25) is 0 Å². The molecule has 1 aromatic rings. The van der Waals surface area contributed by atoms with E-state index in [9.17, 15) is 4.79 Å². The minimum atomic E-state index is -0.324. The Morgan fingerprint density at radius 2 is 2.10 bits per heavy atom. The third-order valence-corrected chi connectivity index (χ3v) is 5.54. The molecule has 0 amide bonds. The number of hydrogen-bond acceptors (Lipinski definition) is 2. The summed E-state index contributed by atoms with van der Waals surface area (Å²) in [5.41, 5.74) is 2.12. The average Bonchev–Trinajstić information content (AvgIpc) is 2.43. The molecule has 0 aromatic heterocycles. The van der Waals surface area contributed by atoms with Crippen molar-refractivity contribution in [3.05, 3.63) is 27.7 Å². The fourth-order valence-corrected chi connectivity index (χ4v) is 4.39. The highest BCUT2D eigenvalue weighted by Crippen LogP contribution is 2.47. The van der Waals surface area contributed by atoms with E-state index >= 15 is 0 Å². The van der Waals surface area contributed by atoms with Crippen LogP contribution in [0.1, 0.15) is 50.2 Å². The average molecular weight is 337 g/mol. The molecule has 2 atom stereocenters. The molecule has 2 nitrogen and oxygen atoms in total. The van der Waals surface area contributed by atoms with Crippen molar-refractivity contribution in [1.29, 1.82) is 0 Å². The molecule has 0 spiro atoms. The maximum atomic E-state index is 12.9. The number of rotatable bonds is 1. The zero-order valence-electron chi connectivity index (χ0n) is 12.2. The Morgan fingerprint density at radius 1 is 1.30 bits per heavy atom. The summed E-state index contributed by atoms with van der Waals surface area (Å²) in [6, 6.07) is 4.16. The van der Waals surface area contributed by atoms with Gasteiger partial charge in [0, 0.05) is 10.4 Å². The normalized spacial score (nSPS) is 29.4. The molecule has 0 N–H and O–H groups in total. The summed E-state index contributed by atoms with van der Waals surface area (Å²) >= 11 is 3.56. The van der Waals surface area contributed by atoms with Crippen molar-refractivity contribution in [3.8, 4) is 5.75 Å². The van der Waals surface area contributed by atoms with Gasteiger partial charge in [0.05, 0.1) is 12.5 Å². The van der Waals surface area contributed by atoms with Gasteiger partial charge in [-0.2, -0.15) is 0 Å². The van der Waals surface area contributed by atoms with Crippen LogP contribution in [0, 0.1) is 5.92 Å². The maximum Gasteiger partial charge on any atom is 0.146 e. The molecule has 0 aliphatic heterocycles. The predicted molar refractivity (Wildman–Crippen MR) is 83.3 cm³/mol. The number of hydrogen-bond donors (Lipinski definition) is 0. The molecule has 3 rings (SSSR count). The third-order valence-electron chi connectivity index (χ3n) is 5.08. The van der Waals surface area contributed by atoms with E-state index < -0.39 is 0 Å². The molecule has 0 radical (unpaired) electrons. The first-order chi connectivity index (χ1) is 9.56. The van der Waals surface area contributed by atoms with Crippen LogP contribution < -0.4 is 4.74 Å². The second kappa shape index (κ2) is 5.18. The van der Waals surface area contributed by atoms with Gasteiger partial charge in [0.15, 0.2) is 0 Å². The molecule has 0 saturated heterocycles. The number of ether oxygens (including phenoxy) is 1. The van der Waals surface area contributed by atoms with E-state index in [0.29, 0.717) is 5.78 Å². The lowest BCUT2D eigenvalue weighted by molar-refractivity contribution is -0.130. The zero-order chi connectivity index (χ0) is 14.3. The van der Waals surface area contributed by atoms with Crippen molar-refractivity contribution in [2.45, 2.75) is 50.9 Å². The van der Waals surface area contributed by atoms with Crippen LogP contribution in [0.15, 0.2) is 16.6 Å². The smallest absolute Gasteiger partial charge is 0.146 e. The molecular formula is C17H21BrO2. The van der Waals surface area contributed by atoms with Gasteiger partial charge in [-0.25, -0.2) is 0 Å². The number of carbonyl (C=O) groups is 1. The van der Waals surface area contributed by atoms with Crippen LogP contribution in [0.3, 0.4) is 0 Å². The number of methoxy groups -OCH3 is 1. The minimum absolute atomic E-state index is 0.183. The van der Waals surface area contributed by atoms with E-state index in [4.69, 9.17) is 4.74 Å². The fraction of sp³-hybridized carbons (Fsp3) is 0.588. The molecule has 3 heteroatoms. The number of fused-ring (bicyclic) bond motifs is 4. The van der Waals surface area contributed by atoms with Crippen molar-refractivity contribution in [1.82, 2.24) is 0 Å². The summed E-state index contributed by atoms with van der Waals surface area (Å²) in [6.45, 7) is 2.14.